The molecule has 15 heavy (non-hydrogen) atoms. The molecule has 1 fully saturated rings. The number of hydrogen-bond donors (Lipinski definition) is 2. The van der Waals surface area contributed by atoms with Crippen LogP contribution in [0, 0.1) is 0 Å². The molecule has 1 aromatic rings. The number of benzene rings is 1. The minimum atomic E-state index is -0.591. The Kier molecular flexibility index (Phi) is 3.05. The smallest absolute Gasteiger partial charge is 0.134 e. The molecule has 2 atom stereocenters. The van der Waals surface area contributed by atoms with Gasteiger partial charge in [0.25, 0.3) is 0 Å². The Morgan fingerprint density at radius 2 is 2.20 bits per heavy atom. The number of ether oxygens (including phenoxy) is 1. The first-order chi connectivity index (χ1) is 7.21. The van der Waals surface area contributed by atoms with E-state index in [1.807, 2.05) is 25.1 Å². The zero-order valence-electron chi connectivity index (χ0n) is 8.94. The molecule has 0 radical (unpaired) electrons. The average Bonchev–Trinajstić information content (AvgIpc) is 2.24. The first-order valence-corrected chi connectivity index (χ1v) is 5.30. The van der Waals surface area contributed by atoms with Gasteiger partial charge in [-0.1, -0.05) is 30.3 Å². The molecule has 2 N–H and O–H groups in total. The minimum Gasteiger partial charge on any atom is -0.376 e. The summed E-state index contributed by atoms with van der Waals surface area (Å²) in [5, 5.41) is 12.9. The average molecular weight is 207 g/mol. The van der Waals surface area contributed by atoms with Crippen LogP contribution in [0.15, 0.2) is 30.3 Å². The van der Waals surface area contributed by atoms with Crippen molar-refractivity contribution >= 4 is 0 Å². The molecule has 1 saturated heterocycles. The molecule has 2 rings (SSSR count). The molecule has 3 heteroatoms. The van der Waals surface area contributed by atoms with Gasteiger partial charge in [-0.3, -0.25) is 5.32 Å². The lowest BCUT2D eigenvalue weighted by Crippen LogP contribution is -2.57. The second-order valence-electron chi connectivity index (χ2n) is 4.18. The van der Waals surface area contributed by atoms with Crippen molar-refractivity contribution in [2.24, 2.45) is 0 Å². The Morgan fingerprint density at radius 1 is 1.47 bits per heavy atom. The van der Waals surface area contributed by atoms with E-state index in [1.165, 1.54) is 5.56 Å². The zero-order valence-corrected chi connectivity index (χ0v) is 8.94. The van der Waals surface area contributed by atoms with Crippen LogP contribution in [0.5, 0.6) is 0 Å². The maximum atomic E-state index is 9.85. The lowest BCUT2D eigenvalue weighted by atomic mass is 9.93. The Morgan fingerprint density at radius 3 is 2.87 bits per heavy atom. The van der Waals surface area contributed by atoms with Crippen molar-refractivity contribution in [3.05, 3.63) is 35.9 Å². The Labute approximate surface area is 90.1 Å². The summed E-state index contributed by atoms with van der Waals surface area (Å²) in [5.74, 6) is 0. The molecule has 2 unspecified atom stereocenters. The lowest BCUT2D eigenvalue weighted by molar-refractivity contribution is -0.150. The Hall–Kier alpha value is -0.900. The monoisotopic (exact) mass is 207 g/mol. The van der Waals surface area contributed by atoms with E-state index in [9.17, 15) is 5.11 Å². The SMILES string of the molecule is CC1(Cc2ccccc2)OCCNC1O. The quantitative estimate of drug-likeness (QED) is 0.758. The number of morpholine rings is 1. The standard InChI is InChI=1S/C12H17NO2/c1-12(11(14)13-7-8-15-12)9-10-5-3-2-4-6-10/h2-6,11,13-14H,7-9H2,1H3. The van der Waals surface area contributed by atoms with Crippen LogP contribution in [0.1, 0.15) is 12.5 Å². The van der Waals surface area contributed by atoms with Gasteiger partial charge in [-0.2, -0.15) is 0 Å². The topological polar surface area (TPSA) is 41.5 Å². The molecule has 3 nitrogen and oxygen atoms in total. The van der Waals surface area contributed by atoms with Crippen molar-refractivity contribution in [3.63, 3.8) is 0 Å². The summed E-state index contributed by atoms with van der Waals surface area (Å²) in [5.41, 5.74) is 0.669. The third-order valence-electron chi connectivity index (χ3n) is 2.85. The van der Waals surface area contributed by atoms with Crippen LogP contribution < -0.4 is 5.32 Å². The van der Waals surface area contributed by atoms with Crippen molar-refractivity contribution in [1.82, 2.24) is 5.32 Å². The molecule has 1 heterocycles. The van der Waals surface area contributed by atoms with E-state index >= 15 is 0 Å². The van der Waals surface area contributed by atoms with Gasteiger partial charge in [0.05, 0.1) is 6.61 Å². The summed E-state index contributed by atoms with van der Waals surface area (Å²) in [4.78, 5) is 0. The van der Waals surface area contributed by atoms with Crippen molar-refractivity contribution in [3.8, 4) is 0 Å². The van der Waals surface area contributed by atoms with Gasteiger partial charge in [0.15, 0.2) is 0 Å². The molecule has 0 spiro atoms. The van der Waals surface area contributed by atoms with Gasteiger partial charge in [-0.25, -0.2) is 0 Å². The molecule has 82 valence electrons. The molecule has 1 aliphatic heterocycles. The summed E-state index contributed by atoms with van der Waals surface area (Å²) < 4.78 is 5.67. The van der Waals surface area contributed by atoms with Crippen molar-refractivity contribution < 1.29 is 9.84 Å². The van der Waals surface area contributed by atoms with Gasteiger partial charge in [0.1, 0.15) is 11.8 Å². The summed E-state index contributed by atoms with van der Waals surface area (Å²) in [6.07, 6.45) is 0.133. The van der Waals surface area contributed by atoms with Crippen molar-refractivity contribution in [2.75, 3.05) is 13.2 Å². The number of nitrogens with one attached hydrogen (secondary N) is 1. The molecular weight excluding hydrogens is 190 g/mol. The highest BCUT2D eigenvalue weighted by Crippen LogP contribution is 2.22. The zero-order chi connectivity index (χ0) is 10.7. The predicted molar refractivity (Wildman–Crippen MR) is 58.5 cm³/mol. The van der Waals surface area contributed by atoms with Crippen molar-refractivity contribution in [1.29, 1.82) is 0 Å². The van der Waals surface area contributed by atoms with E-state index in [4.69, 9.17) is 4.74 Å². The lowest BCUT2D eigenvalue weighted by Gasteiger charge is -2.39. The Balaban J connectivity index is 2.09. The van der Waals surface area contributed by atoms with Gasteiger partial charge in [0, 0.05) is 13.0 Å². The van der Waals surface area contributed by atoms with Crippen LogP contribution in [0.3, 0.4) is 0 Å². The normalized spacial score (nSPS) is 31.5. The van der Waals surface area contributed by atoms with Crippen LogP contribution in [0.4, 0.5) is 0 Å². The maximum absolute atomic E-state index is 9.85. The summed E-state index contributed by atoms with van der Waals surface area (Å²) in [6, 6.07) is 10.1. The van der Waals surface area contributed by atoms with E-state index in [1.54, 1.807) is 0 Å². The number of rotatable bonds is 2. The van der Waals surface area contributed by atoms with E-state index < -0.39 is 11.8 Å². The highest BCUT2D eigenvalue weighted by molar-refractivity contribution is 5.17. The number of aliphatic hydroxyl groups is 1. The Bertz CT molecular complexity index is 315. The minimum absolute atomic E-state index is 0.514. The van der Waals surface area contributed by atoms with Gasteiger partial charge < -0.3 is 9.84 Å². The fraction of sp³-hybridized carbons (Fsp3) is 0.500. The van der Waals surface area contributed by atoms with Gasteiger partial charge in [0.2, 0.25) is 0 Å². The largest absolute Gasteiger partial charge is 0.376 e. The molecule has 0 amide bonds. The third kappa shape index (κ3) is 2.37. The summed E-state index contributed by atoms with van der Waals surface area (Å²) >= 11 is 0. The highest BCUT2D eigenvalue weighted by Gasteiger charge is 2.36. The molecular formula is C12H17NO2. The molecule has 0 aliphatic carbocycles. The number of hydrogen-bond acceptors (Lipinski definition) is 3. The second-order valence-corrected chi connectivity index (χ2v) is 4.18. The van der Waals surface area contributed by atoms with Gasteiger partial charge in [-0.15, -0.1) is 0 Å². The van der Waals surface area contributed by atoms with Crippen LogP contribution in [-0.2, 0) is 11.2 Å². The molecule has 1 aromatic carbocycles. The summed E-state index contributed by atoms with van der Waals surface area (Å²) in [6.45, 7) is 3.31. The molecule has 0 saturated carbocycles. The van der Waals surface area contributed by atoms with E-state index in [2.05, 4.69) is 17.4 Å². The van der Waals surface area contributed by atoms with E-state index in [0.29, 0.717) is 13.2 Å². The van der Waals surface area contributed by atoms with Crippen LogP contribution in [0.25, 0.3) is 0 Å². The first kappa shape index (κ1) is 10.6. The fourth-order valence-electron chi connectivity index (χ4n) is 1.92. The number of aliphatic hydroxyl groups excluding tert-OH is 1. The van der Waals surface area contributed by atoms with Crippen molar-refractivity contribution in [2.45, 2.75) is 25.2 Å². The molecule has 0 bridgehead atoms. The van der Waals surface area contributed by atoms with Gasteiger partial charge >= 0.3 is 0 Å². The summed E-state index contributed by atoms with van der Waals surface area (Å²) in [7, 11) is 0. The van der Waals surface area contributed by atoms with Crippen LogP contribution in [-0.4, -0.2) is 30.1 Å². The van der Waals surface area contributed by atoms with E-state index in [0.717, 1.165) is 6.42 Å². The third-order valence-corrected chi connectivity index (χ3v) is 2.85. The fourth-order valence-corrected chi connectivity index (χ4v) is 1.92. The van der Waals surface area contributed by atoms with Gasteiger partial charge in [-0.05, 0) is 12.5 Å². The van der Waals surface area contributed by atoms with E-state index in [-0.39, 0.29) is 0 Å². The first-order valence-electron chi connectivity index (χ1n) is 5.30. The second kappa shape index (κ2) is 4.31. The predicted octanol–water partition coefficient (Wildman–Crippen LogP) is 0.926. The molecule has 1 aliphatic rings. The van der Waals surface area contributed by atoms with Crippen LogP contribution in [0.2, 0.25) is 0 Å². The van der Waals surface area contributed by atoms with Crippen LogP contribution >= 0.6 is 0 Å². The highest BCUT2D eigenvalue weighted by atomic mass is 16.5. The maximum Gasteiger partial charge on any atom is 0.134 e. The molecule has 0 aromatic heterocycles.